The molecule has 0 fully saturated rings. The Labute approximate surface area is 175 Å². The SMILES string of the molecule is CC[C@H](C(=O)N1CC(=O)Nc2ccc(F)cc2[C@@H]1c1ccccc1)c1ccccc1. The summed E-state index contributed by atoms with van der Waals surface area (Å²) >= 11 is 0. The first-order valence-electron chi connectivity index (χ1n) is 10.1. The molecule has 0 aromatic heterocycles. The molecule has 2 amide bonds. The average molecular weight is 402 g/mol. The fourth-order valence-corrected chi connectivity index (χ4v) is 4.12. The first kappa shape index (κ1) is 19.8. The van der Waals surface area contributed by atoms with Crippen LogP contribution in [0.2, 0.25) is 0 Å². The third-order valence-electron chi connectivity index (χ3n) is 5.51. The first-order valence-corrected chi connectivity index (χ1v) is 10.1. The minimum absolute atomic E-state index is 0.0992. The van der Waals surface area contributed by atoms with Crippen molar-refractivity contribution in [3.05, 3.63) is 101 Å². The number of amides is 2. The standard InChI is InChI=1S/C25H23FN2O2/c1-2-20(17-9-5-3-6-10-17)25(30)28-16-23(29)27-22-14-13-19(26)15-21(22)24(28)18-11-7-4-8-12-18/h3-15,20,24H,2,16H2,1H3,(H,27,29)/t20-,24-/m0/s1. The minimum Gasteiger partial charge on any atom is -0.324 e. The van der Waals surface area contributed by atoms with Crippen molar-refractivity contribution in [2.45, 2.75) is 25.3 Å². The largest absolute Gasteiger partial charge is 0.324 e. The van der Waals surface area contributed by atoms with Crippen molar-refractivity contribution in [2.24, 2.45) is 0 Å². The molecule has 1 N–H and O–H groups in total. The molecular formula is C25H23FN2O2. The van der Waals surface area contributed by atoms with Gasteiger partial charge in [-0.1, -0.05) is 67.6 Å². The van der Waals surface area contributed by atoms with E-state index in [1.165, 1.54) is 12.1 Å². The van der Waals surface area contributed by atoms with Crippen molar-refractivity contribution < 1.29 is 14.0 Å². The number of halogens is 1. The summed E-state index contributed by atoms with van der Waals surface area (Å²) in [5.74, 6) is -1.24. The summed E-state index contributed by atoms with van der Waals surface area (Å²) in [4.78, 5) is 28.0. The van der Waals surface area contributed by atoms with Crippen LogP contribution in [0.25, 0.3) is 0 Å². The maximum atomic E-state index is 14.2. The topological polar surface area (TPSA) is 49.4 Å². The zero-order valence-corrected chi connectivity index (χ0v) is 16.7. The van der Waals surface area contributed by atoms with Gasteiger partial charge in [-0.3, -0.25) is 9.59 Å². The van der Waals surface area contributed by atoms with Gasteiger partial charge in [0.1, 0.15) is 12.4 Å². The molecule has 4 nitrogen and oxygen atoms in total. The van der Waals surface area contributed by atoms with Crippen molar-refractivity contribution in [3.8, 4) is 0 Å². The molecule has 3 aromatic carbocycles. The van der Waals surface area contributed by atoms with E-state index >= 15 is 0 Å². The van der Waals surface area contributed by atoms with Gasteiger partial charge in [0.05, 0.1) is 12.0 Å². The van der Waals surface area contributed by atoms with Crippen LogP contribution < -0.4 is 5.32 Å². The van der Waals surface area contributed by atoms with Gasteiger partial charge in [-0.25, -0.2) is 4.39 Å². The smallest absolute Gasteiger partial charge is 0.244 e. The summed E-state index contributed by atoms with van der Waals surface area (Å²) in [5.41, 5.74) is 2.83. The molecule has 0 radical (unpaired) electrons. The van der Waals surface area contributed by atoms with Gasteiger partial charge in [0.15, 0.2) is 0 Å². The van der Waals surface area contributed by atoms with Crippen LogP contribution in [0.5, 0.6) is 0 Å². The summed E-state index contributed by atoms with van der Waals surface area (Å²) in [6.45, 7) is 1.86. The Bertz CT molecular complexity index is 1050. The predicted octanol–water partition coefficient (Wildman–Crippen LogP) is 4.89. The number of carbonyl (C=O) groups excluding carboxylic acids is 2. The molecule has 1 heterocycles. The molecule has 5 heteroatoms. The number of hydrogen-bond donors (Lipinski definition) is 1. The summed E-state index contributed by atoms with van der Waals surface area (Å²) in [7, 11) is 0. The molecule has 0 bridgehead atoms. The van der Waals surface area contributed by atoms with Crippen LogP contribution >= 0.6 is 0 Å². The molecule has 2 atom stereocenters. The zero-order valence-electron chi connectivity index (χ0n) is 16.7. The molecule has 0 saturated carbocycles. The van der Waals surface area contributed by atoms with E-state index in [-0.39, 0.29) is 24.3 Å². The Morgan fingerprint density at radius 3 is 2.40 bits per heavy atom. The minimum atomic E-state index is -0.568. The second-order valence-electron chi connectivity index (χ2n) is 7.43. The fourth-order valence-electron chi connectivity index (χ4n) is 4.12. The second-order valence-corrected chi connectivity index (χ2v) is 7.43. The van der Waals surface area contributed by atoms with Crippen molar-refractivity contribution in [2.75, 3.05) is 11.9 Å². The number of nitrogens with one attached hydrogen (secondary N) is 1. The summed E-state index contributed by atoms with van der Waals surface area (Å²) in [6.07, 6.45) is 0.596. The van der Waals surface area contributed by atoms with Gasteiger partial charge in [-0.15, -0.1) is 0 Å². The summed E-state index contributed by atoms with van der Waals surface area (Å²) in [6, 6.07) is 22.7. The highest BCUT2D eigenvalue weighted by atomic mass is 19.1. The zero-order chi connectivity index (χ0) is 21.1. The van der Waals surface area contributed by atoms with Crippen LogP contribution in [0.3, 0.4) is 0 Å². The predicted molar refractivity (Wildman–Crippen MR) is 115 cm³/mol. The van der Waals surface area contributed by atoms with Gasteiger partial charge < -0.3 is 10.2 Å². The number of rotatable bonds is 4. The lowest BCUT2D eigenvalue weighted by Gasteiger charge is -2.33. The van der Waals surface area contributed by atoms with Gasteiger partial charge >= 0.3 is 0 Å². The molecule has 0 unspecified atom stereocenters. The molecule has 0 saturated heterocycles. The van der Waals surface area contributed by atoms with Gasteiger partial charge in [-0.2, -0.15) is 0 Å². The normalized spacial score (nSPS) is 16.9. The third kappa shape index (κ3) is 3.83. The maximum Gasteiger partial charge on any atom is 0.244 e. The molecule has 1 aliphatic rings. The highest BCUT2D eigenvalue weighted by Gasteiger charge is 2.36. The van der Waals surface area contributed by atoms with Crippen LogP contribution in [0, 0.1) is 5.82 Å². The van der Waals surface area contributed by atoms with E-state index in [0.717, 1.165) is 11.1 Å². The lowest BCUT2D eigenvalue weighted by molar-refractivity contribution is -0.137. The van der Waals surface area contributed by atoms with E-state index in [1.54, 1.807) is 11.0 Å². The monoisotopic (exact) mass is 402 g/mol. The second kappa shape index (κ2) is 8.49. The van der Waals surface area contributed by atoms with Crippen molar-refractivity contribution in [1.29, 1.82) is 0 Å². The fraction of sp³-hybridized carbons (Fsp3) is 0.200. The summed E-state index contributed by atoms with van der Waals surface area (Å²) < 4.78 is 14.2. The maximum absolute atomic E-state index is 14.2. The van der Waals surface area contributed by atoms with Crippen LogP contribution in [-0.4, -0.2) is 23.3 Å². The van der Waals surface area contributed by atoms with Gasteiger partial charge in [-0.05, 0) is 35.7 Å². The number of nitrogens with zero attached hydrogens (tertiary/aromatic N) is 1. The first-order chi connectivity index (χ1) is 14.6. The molecule has 4 rings (SSSR count). The molecular weight excluding hydrogens is 379 g/mol. The number of carbonyl (C=O) groups is 2. The van der Waals surface area contributed by atoms with Crippen molar-refractivity contribution in [1.82, 2.24) is 4.90 Å². The Kier molecular flexibility index (Phi) is 5.61. The number of anilines is 1. The van der Waals surface area contributed by atoms with Crippen molar-refractivity contribution >= 4 is 17.5 Å². The van der Waals surface area contributed by atoms with Crippen molar-refractivity contribution in [3.63, 3.8) is 0 Å². The van der Waals surface area contributed by atoms with E-state index in [4.69, 9.17) is 0 Å². The molecule has 30 heavy (non-hydrogen) atoms. The van der Waals surface area contributed by atoms with Gasteiger partial charge in [0.25, 0.3) is 0 Å². The lowest BCUT2D eigenvalue weighted by atomic mass is 9.91. The van der Waals surface area contributed by atoms with E-state index in [1.807, 2.05) is 67.6 Å². The van der Waals surface area contributed by atoms with Crippen LogP contribution in [0.15, 0.2) is 78.9 Å². The Balaban J connectivity index is 1.85. The Morgan fingerprint density at radius 1 is 1.07 bits per heavy atom. The molecule has 152 valence electrons. The van der Waals surface area contributed by atoms with Crippen LogP contribution in [0.4, 0.5) is 10.1 Å². The van der Waals surface area contributed by atoms with E-state index in [0.29, 0.717) is 17.7 Å². The van der Waals surface area contributed by atoms with E-state index in [2.05, 4.69) is 5.32 Å². The molecule has 1 aliphatic heterocycles. The summed E-state index contributed by atoms with van der Waals surface area (Å²) in [5, 5.41) is 2.83. The highest BCUT2D eigenvalue weighted by Crippen LogP contribution is 2.38. The Morgan fingerprint density at radius 2 is 1.73 bits per heavy atom. The van der Waals surface area contributed by atoms with Crippen LogP contribution in [-0.2, 0) is 9.59 Å². The van der Waals surface area contributed by atoms with Gasteiger partial charge in [0.2, 0.25) is 11.8 Å². The number of fused-ring (bicyclic) bond motifs is 1. The lowest BCUT2D eigenvalue weighted by Crippen LogP contribution is -2.41. The van der Waals surface area contributed by atoms with E-state index < -0.39 is 11.9 Å². The van der Waals surface area contributed by atoms with Crippen LogP contribution in [0.1, 0.15) is 42.0 Å². The quantitative estimate of drug-likeness (QED) is 0.676. The molecule has 0 spiro atoms. The molecule has 3 aromatic rings. The molecule has 0 aliphatic carbocycles. The number of benzene rings is 3. The van der Waals surface area contributed by atoms with Gasteiger partial charge in [0, 0.05) is 11.3 Å². The highest BCUT2D eigenvalue weighted by molar-refractivity contribution is 5.98. The Hall–Kier alpha value is -3.47. The average Bonchev–Trinajstić information content (AvgIpc) is 2.91. The number of hydrogen-bond acceptors (Lipinski definition) is 2. The van der Waals surface area contributed by atoms with E-state index in [9.17, 15) is 14.0 Å². The third-order valence-corrected chi connectivity index (χ3v) is 5.51.